The van der Waals surface area contributed by atoms with Crippen LogP contribution in [0, 0.1) is 0 Å². The molecule has 1 aliphatic carbocycles. The average molecular weight is 419 g/mol. The van der Waals surface area contributed by atoms with Crippen LogP contribution in [0.15, 0.2) is 41.4 Å². The fourth-order valence-electron chi connectivity index (χ4n) is 4.68. The summed E-state index contributed by atoms with van der Waals surface area (Å²) in [4.78, 5) is 15.4. The third kappa shape index (κ3) is 3.36. The number of amides is 1. The first-order chi connectivity index (χ1) is 13.9. The highest BCUT2D eigenvalue weighted by Crippen LogP contribution is 2.42. The summed E-state index contributed by atoms with van der Waals surface area (Å²) in [6, 6.07) is 8.23. The molecule has 156 valence electrons. The second-order valence-corrected chi connectivity index (χ2v) is 10.3. The molecule has 1 aromatic carbocycles. The molecule has 2 heterocycles. The molecule has 2 fully saturated rings. The highest BCUT2D eigenvalue weighted by atomic mass is 32.2. The van der Waals surface area contributed by atoms with Crippen LogP contribution in [-0.2, 0) is 20.2 Å². The molecular weight excluding hydrogens is 392 g/mol. The molecule has 2 aliphatic rings. The Morgan fingerprint density at radius 1 is 1.07 bits per heavy atom. The summed E-state index contributed by atoms with van der Waals surface area (Å²) in [5.74, 6) is -0.400. The van der Waals surface area contributed by atoms with Gasteiger partial charge in [-0.25, -0.2) is 8.42 Å². The van der Waals surface area contributed by atoms with Gasteiger partial charge in [-0.15, -0.1) is 0 Å². The SMILES string of the molecule is O=C(N1CCCC(O)(c2cn[nH]n2)C1)C1(S(=O)(=O)c2ccccc2)CCCCC1. The minimum atomic E-state index is -3.87. The average Bonchev–Trinajstić information content (AvgIpc) is 3.30. The summed E-state index contributed by atoms with van der Waals surface area (Å²) < 4.78 is 25.8. The number of nitrogens with zero attached hydrogens (tertiary/aromatic N) is 3. The topological polar surface area (TPSA) is 116 Å². The van der Waals surface area contributed by atoms with E-state index in [4.69, 9.17) is 0 Å². The quantitative estimate of drug-likeness (QED) is 0.782. The van der Waals surface area contributed by atoms with Crippen LogP contribution in [0.4, 0.5) is 0 Å². The van der Waals surface area contributed by atoms with Crippen LogP contribution in [0.1, 0.15) is 50.6 Å². The van der Waals surface area contributed by atoms with Crippen molar-refractivity contribution in [1.82, 2.24) is 20.3 Å². The Balaban J connectivity index is 1.70. The first-order valence-corrected chi connectivity index (χ1v) is 11.6. The van der Waals surface area contributed by atoms with Gasteiger partial charge in [-0.2, -0.15) is 15.4 Å². The van der Waals surface area contributed by atoms with Crippen LogP contribution in [0.25, 0.3) is 0 Å². The van der Waals surface area contributed by atoms with Gasteiger partial charge in [0.2, 0.25) is 5.91 Å². The minimum Gasteiger partial charge on any atom is -0.382 e. The van der Waals surface area contributed by atoms with Crippen LogP contribution in [-0.4, -0.2) is 57.6 Å². The van der Waals surface area contributed by atoms with Gasteiger partial charge in [0.1, 0.15) is 11.3 Å². The molecule has 4 rings (SSSR count). The van der Waals surface area contributed by atoms with E-state index >= 15 is 0 Å². The van der Waals surface area contributed by atoms with Gasteiger partial charge in [0.15, 0.2) is 14.6 Å². The van der Waals surface area contributed by atoms with E-state index in [1.165, 1.54) is 11.1 Å². The van der Waals surface area contributed by atoms with Crippen LogP contribution >= 0.6 is 0 Å². The highest BCUT2D eigenvalue weighted by Gasteiger charge is 2.54. The van der Waals surface area contributed by atoms with Gasteiger partial charge >= 0.3 is 0 Å². The van der Waals surface area contributed by atoms with Gasteiger partial charge in [0, 0.05) is 6.54 Å². The summed E-state index contributed by atoms with van der Waals surface area (Å²) in [6.07, 6.45) is 5.38. The fraction of sp³-hybridized carbons (Fsp3) is 0.550. The number of carbonyl (C=O) groups excluding carboxylic acids is 1. The first-order valence-electron chi connectivity index (χ1n) is 10.1. The summed E-state index contributed by atoms with van der Waals surface area (Å²) >= 11 is 0. The number of H-pyrrole nitrogens is 1. The zero-order valence-corrected chi connectivity index (χ0v) is 17.1. The van der Waals surface area contributed by atoms with Crippen LogP contribution < -0.4 is 0 Å². The van der Waals surface area contributed by atoms with Crippen molar-refractivity contribution >= 4 is 15.7 Å². The molecule has 8 nitrogen and oxygen atoms in total. The van der Waals surface area contributed by atoms with Gasteiger partial charge in [0.05, 0.1) is 17.6 Å². The lowest BCUT2D eigenvalue weighted by Crippen LogP contribution is -2.59. The van der Waals surface area contributed by atoms with Crippen LogP contribution in [0.2, 0.25) is 0 Å². The van der Waals surface area contributed by atoms with Crippen molar-refractivity contribution < 1.29 is 18.3 Å². The minimum absolute atomic E-state index is 0.0183. The van der Waals surface area contributed by atoms with Crippen molar-refractivity contribution in [1.29, 1.82) is 0 Å². The van der Waals surface area contributed by atoms with Crippen molar-refractivity contribution in [2.24, 2.45) is 0 Å². The maximum Gasteiger partial charge on any atom is 0.244 e. The Hall–Kier alpha value is -2.26. The Bertz CT molecular complexity index is 956. The number of nitrogens with one attached hydrogen (secondary N) is 1. The standard InChI is InChI=1S/C20H26N4O4S/c25-18(24-13-7-10-19(26,15-24)17-14-21-23-22-17)20(11-5-2-6-12-20)29(27,28)16-8-3-1-4-9-16/h1,3-4,8-9,14,26H,2,5-7,10-13,15H2,(H,21,22,23). The zero-order valence-electron chi connectivity index (χ0n) is 16.2. The number of aliphatic hydroxyl groups is 1. The molecular formula is C20H26N4O4S. The molecule has 1 amide bonds. The van der Waals surface area contributed by atoms with E-state index in [1.807, 2.05) is 0 Å². The van der Waals surface area contributed by atoms with E-state index in [9.17, 15) is 18.3 Å². The second-order valence-electron chi connectivity index (χ2n) is 8.09. The lowest BCUT2D eigenvalue weighted by molar-refractivity contribution is -0.142. The second kappa shape index (κ2) is 7.53. The normalized spacial score (nSPS) is 24.9. The van der Waals surface area contributed by atoms with E-state index < -0.39 is 26.1 Å². The van der Waals surface area contributed by atoms with Gasteiger partial charge in [-0.3, -0.25) is 4.79 Å². The third-order valence-corrected chi connectivity index (χ3v) is 8.77. The number of aromatic nitrogens is 3. The van der Waals surface area contributed by atoms with E-state index in [-0.39, 0.29) is 11.4 Å². The van der Waals surface area contributed by atoms with Gasteiger partial charge in [0.25, 0.3) is 0 Å². The van der Waals surface area contributed by atoms with Crippen LogP contribution in [0.5, 0.6) is 0 Å². The number of carbonyl (C=O) groups is 1. The van der Waals surface area contributed by atoms with E-state index in [2.05, 4.69) is 15.4 Å². The molecule has 0 radical (unpaired) electrons. The number of hydrogen-bond acceptors (Lipinski definition) is 6. The number of benzene rings is 1. The van der Waals surface area contributed by atoms with Crippen LogP contribution in [0.3, 0.4) is 0 Å². The third-order valence-electron chi connectivity index (χ3n) is 6.27. The van der Waals surface area contributed by atoms with Crippen molar-refractivity contribution in [3.05, 3.63) is 42.2 Å². The summed E-state index contributed by atoms with van der Waals surface area (Å²) in [6.45, 7) is 0.440. The molecule has 29 heavy (non-hydrogen) atoms. The largest absolute Gasteiger partial charge is 0.382 e. The van der Waals surface area contributed by atoms with Crippen molar-refractivity contribution in [2.45, 2.75) is 60.2 Å². The van der Waals surface area contributed by atoms with Crippen molar-refractivity contribution in [3.8, 4) is 0 Å². The number of piperidine rings is 1. The number of β-amino-alcohol motifs (C(OH)–C–C–N with tert-alkyl or cyclic N) is 1. The zero-order chi connectivity index (χ0) is 20.5. The Labute approximate surface area is 170 Å². The van der Waals surface area contributed by atoms with Crippen molar-refractivity contribution in [3.63, 3.8) is 0 Å². The summed E-state index contributed by atoms with van der Waals surface area (Å²) in [5.41, 5.74) is -0.952. The van der Waals surface area contributed by atoms with E-state index in [0.717, 1.165) is 6.42 Å². The molecule has 1 unspecified atom stereocenters. The molecule has 1 aromatic heterocycles. The number of aromatic amines is 1. The van der Waals surface area contributed by atoms with E-state index in [0.29, 0.717) is 50.8 Å². The van der Waals surface area contributed by atoms with Crippen molar-refractivity contribution in [2.75, 3.05) is 13.1 Å². The molecule has 2 N–H and O–H groups in total. The summed E-state index contributed by atoms with van der Waals surface area (Å²) in [7, 11) is -3.87. The molecule has 1 saturated carbocycles. The Morgan fingerprint density at radius 3 is 2.45 bits per heavy atom. The predicted molar refractivity (Wildman–Crippen MR) is 106 cm³/mol. The molecule has 2 aromatic rings. The molecule has 9 heteroatoms. The molecule has 0 bridgehead atoms. The molecule has 1 atom stereocenters. The number of rotatable bonds is 4. The van der Waals surface area contributed by atoms with Gasteiger partial charge in [-0.05, 0) is 37.8 Å². The number of likely N-dealkylation sites (tertiary alicyclic amines) is 1. The smallest absolute Gasteiger partial charge is 0.244 e. The highest BCUT2D eigenvalue weighted by molar-refractivity contribution is 7.93. The number of sulfone groups is 1. The fourth-order valence-corrected chi connectivity index (χ4v) is 6.83. The maximum atomic E-state index is 13.7. The maximum absolute atomic E-state index is 13.7. The molecule has 0 spiro atoms. The lowest BCUT2D eigenvalue weighted by Gasteiger charge is -2.44. The molecule has 1 aliphatic heterocycles. The Kier molecular flexibility index (Phi) is 5.20. The van der Waals surface area contributed by atoms with E-state index in [1.54, 1.807) is 30.3 Å². The first kappa shape index (κ1) is 20.0. The lowest BCUT2D eigenvalue weighted by atomic mass is 9.84. The van der Waals surface area contributed by atoms with Gasteiger partial charge < -0.3 is 10.0 Å². The Morgan fingerprint density at radius 2 is 1.79 bits per heavy atom. The predicted octanol–water partition coefficient (Wildman–Crippen LogP) is 1.79. The number of hydrogen-bond donors (Lipinski definition) is 2. The molecule has 1 saturated heterocycles. The summed E-state index contributed by atoms with van der Waals surface area (Å²) in [5, 5.41) is 21.3. The van der Waals surface area contributed by atoms with Gasteiger partial charge in [-0.1, -0.05) is 37.5 Å². The monoisotopic (exact) mass is 418 g/mol.